The predicted octanol–water partition coefficient (Wildman–Crippen LogP) is 3.55. The van der Waals surface area contributed by atoms with Gasteiger partial charge in [0, 0.05) is 25.5 Å². The zero-order valence-electron chi connectivity index (χ0n) is 17.8. The van der Waals surface area contributed by atoms with Gasteiger partial charge in [0.05, 0.1) is 24.2 Å². The molecule has 32 heavy (non-hydrogen) atoms. The van der Waals surface area contributed by atoms with Gasteiger partial charge in [-0.1, -0.05) is 42.5 Å². The van der Waals surface area contributed by atoms with Gasteiger partial charge in [-0.3, -0.25) is 4.79 Å². The van der Waals surface area contributed by atoms with Gasteiger partial charge < -0.3 is 14.8 Å². The Balaban J connectivity index is 1.34. The monoisotopic (exact) mass is 454 g/mol. The minimum absolute atomic E-state index is 0.00906. The van der Waals surface area contributed by atoms with Crippen molar-refractivity contribution in [2.75, 3.05) is 19.8 Å². The Morgan fingerprint density at radius 2 is 1.75 bits per heavy atom. The number of carbonyl (C=O) groups is 1. The first-order valence-electron chi connectivity index (χ1n) is 10.6. The quantitative estimate of drug-likeness (QED) is 0.570. The van der Waals surface area contributed by atoms with Crippen LogP contribution in [-0.4, -0.2) is 34.1 Å². The van der Waals surface area contributed by atoms with E-state index in [0.29, 0.717) is 24.7 Å². The van der Waals surface area contributed by atoms with E-state index in [9.17, 15) is 13.2 Å². The van der Waals surface area contributed by atoms with E-state index < -0.39 is 10.0 Å². The largest absolute Gasteiger partial charge is 0.490 e. The Hall–Kier alpha value is -3.10. The van der Waals surface area contributed by atoms with Gasteiger partial charge in [0.25, 0.3) is 0 Å². The predicted molar refractivity (Wildman–Crippen MR) is 122 cm³/mol. The number of ether oxygens (including phenoxy) is 2. The van der Waals surface area contributed by atoms with Gasteiger partial charge in [0.1, 0.15) is 0 Å². The van der Waals surface area contributed by atoms with E-state index in [1.165, 1.54) is 12.1 Å². The molecule has 0 saturated heterocycles. The number of hydrogen-bond donors (Lipinski definition) is 2. The molecule has 0 radical (unpaired) electrons. The molecule has 8 heteroatoms. The van der Waals surface area contributed by atoms with E-state index >= 15 is 0 Å². The minimum Gasteiger partial charge on any atom is -0.490 e. The first-order valence-corrected chi connectivity index (χ1v) is 12.1. The summed E-state index contributed by atoms with van der Waals surface area (Å²) in [4.78, 5) is 12.5. The molecule has 7 nitrogen and oxygen atoms in total. The van der Waals surface area contributed by atoms with E-state index in [1.807, 2.05) is 49.4 Å². The summed E-state index contributed by atoms with van der Waals surface area (Å²) in [6, 6.07) is 18.3. The summed E-state index contributed by atoms with van der Waals surface area (Å²) in [7, 11) is -3.78. The topological polar surface area (TPSA) is 93.7 Å². The van der Waals surface area contributed by atoms with Crippen molar-refractivity contribution in [3.8, 4) is 11.5 Å². The van der Waals surface area contributed by atoms with Crippen molar-refractivity contribution >= 4 is 26.7 Å². The Morgan fingerprint density at radius 1 is 1.00 bits per heavy atom. The van der Waals surface area contributed by atoms with Crippen molar-refractivity contribution in [3.63, 3.8) is 0 Å². The third-order valence-corrected chi connectivity index (χ3v) is 6.80. The number of sulfonamides is 1. The lowest BCUT2D eigenvalue weighted by molar-refractivity contribution is -0.121. The smallest absolute Gasteiger partial charge is 0.240 e. The fraction of sp³-hybridized carbons (Fsp3) is 0.292. The highest BCUT2D eigenvalue weighted by Gasteiger charge is 2.19. The molecule has 0 spiro atoms. The molecule has 1 amide bonds. The third-order valence-electron chi connectivity index (χ3n) is 5.34. The van der Waals surface area contributed by atoms with E-state index in [1.54, 1.807) is 6.07 Å². The molecule has 3 aromatic carbocycles. The van der Waals surface area contributed by atoms with Gasteiger partial charge in [-0.2, -0.15) is 0 Å². The summed E-state index contributed by atoms with van der Waals surface area (Å²) in [6.45, 7) is 2.91. The SMILES string of the molecule is C[C@H](NC(=O)CCNS(=O)(=O)c1ccc2c(c1)OCCCO2)c1cccc2ccccc12. The molecule has 1 aliphatic heterocycles. The summed E-state index contributed by atoms with van der Waals surface area (Å²) in [6.07, 6.45) is 0.764. The average Bonchev–Trinajstić information content (AvgIpc) is 3.03. The van der Waals surface area contributed by atoms with Crippen molar-refractivity contribution in [1.82, 2.24) is 10.0 Å². The normalized spacial score (nSPS) is 14.5. The van der Waals surface area contributed by atoms with Crippen molar-refractivity contribution < 1.29 is 22.7 Å². The van der Waals surface area contributed by atoms with Crippen LogP contribution < -0.4 is 19.5 Å². The fourth-order valence-corrected chi connectivity index (χ4v) is 4.76. The molecular weight excluding hydrogens is 428 g/mol. The van der Waals surface area contributed by atoms with Gasteiger partial charge in [-0.15, -0.1) is 0 Å². The Morgan fingerprint density at radius 3 is 2.59 bits per heavy atom. The number of hydrogen-bond acceptors (Lipinski definition) is 5. The number of fused-ring (bicyclic) bond motifs is 2. The number of benzene rings is 3. The Kier molecular flexibility index (Phi) is 6.62. The summed E-state index contributed by atoms with van der Waals surface area (Å²) in [5.74, 6) is 0.710. The molecule has 2 N–H and O–H groups in total. The Bertz CT molecular complexity index is 1220. The van der Waals surface area contributed by atoms with E-state index in [-0.39, 0.29) is 29.8 Å². The van der Waals surface area contributed by atoms with E-state index in [2.05, 4.69) is 10.0 Å². The molecule has 0 fully saturated rings. The zero-order chi connectivity index (χ0) is 22.6. The van der Waals surface area contributed by atoms with Crippen LogP contribution in [0.4, 0.5) is 0 Å². The zero-order valence-corrected chi connectivity index (χ0v) is 18.7. The molecule has 0 aromatic heterocycles. The molecule has 1 aliphatic rings. The molecule has 0 unspecified atom stereocenters. The maximum Gasteiger partial charge on any atom is 0.240 e. The average molecular weight is 455 g/mol. The molecule has 3 aromatic rings. The van der Waals surface area contributed by atoms with Crippen LogP contribution in [0.25, 0.3) is 10.8 Å². The third kappa shape index (κ3) is 5.03. The molecule has 0 saturated carbocycles. The van der Waals surface area contributed by atoms with Gasteiger partial charge in [-0.25, -0.2) is 13.1 Å². The lowest BCUT2D eigenvalue weighted by Crippen LogP contribution is -2.32. The lowest BCUT2D eigenvalue weighted by atomic mass is 9.99. The number of rotatable bonds is 7. The highest BCUT2D eigenvalue weighted by atomic mass is 32.2. The van der Waals surface area contributed by atoms with Gasteiger partial charge >= 0.3 is 0 Å². The number of carbonyl (C=O) groups excluding carboxylic acids is 1. The first-order chi connectivity index (χ1) is 15.4. The maximum absolute atomic E-state index is 12.6. The lowest BCUT2D eigenvalue weighted by Gasteiger charge is -2.17. The van der Waals surface area contributed by atoms with Crippen LogP contribution in [-0.2, 0) is 14.8 Å². The van der Waals surface area contributed by atoms with Crippen LogP contribution in [0.15, 0.2) is 65.6 Å². The summed E-state index contributed by atoms with van der Waals surface area (Å²) >= 11 is 0. The second-order valence-corrected chi connectivity index (χ2v) is 9.43. The van der Waals surface area contributed by atoms with Crippen LogP contribution in [0.5, 0.6) is 11.5 Å². The number of nitrogens with one attached hydrogen (secondary N) is 2. The van der Waals surface area contributed by atoms with Gasteiger partial charge in [0.2, 0.25) is 15.9 Å². The van der Waals surface area contributed by atoms with Gasteiger partial charge in [-0.05, 0) is 35.4 Å². The molecule has 0 aliphatic carbocycles. The van der Waals surface area contributed by atoms with E-state index in [0.717, 1.165) is 22.8 Å². The van der Waals surface area contributed by atoms with Crippen molar-refractivity contribution in [1.29, 1.82) is 0 Å². The fourth-order valence-electron chi connectivity index (χ4n) is 3.71. The molecule has 168 valence electrons. The maximum atomic E-state index is 12.6. The second kappa shape index (κ2) is 9.58. The van der Waals surface area contributed by atoms with E-state index in [4.69, 9.17) is 9.47 Å². The van der Waals surface area contributed by atoms with Crippen LogP contribution in [0.3, 0.4) is 0 Å². The highest BCUT2D eigenvalue weighted by molar-refractivity contribution is 7.89. The van der Waals surface area contributed by atoms with Crippen LogP contribution in [0.2, 0.25) is 0 Å². The van der Waals surface area contributed by atoms with Crippen molar-refractivity contribution in [2.24, 2.45) is 0 Å². The summed E-state index contributed by atoms with van der Waals surface area (Å²) < 4.78 is 38.9. The van der Waals surface area contributed by atoms with Crippen LogP contribution in [0, 0.1) is 0 Å². The highest BCUT2D eigenvalue weighted by Crippen LogP contribution is 2.31. The molecule has 1 atom stereocenters. The standard InChI is InChI=1S/C24H26N2O5S/c1-17(20-9-4-7-18-6-2-3-8-21(18)20)26-24(27)12-13-25-32(28,29)19-10-11-22-23(16-19)31-15-5-14-30-22/h2-4,6-11,16-17,25H,5,12-15H2,1H3,(H,26,27)/t17-/m0/s1. The number of amides is 1. The molecular formula is C24H26N2O5S. The van der Waals surface area contributed by atoms with Crippen LogP contribution >= 0.6 is 0 Å². The second-order valence-electron chi connectivity index (χ2n) is 7.66. The van der Waals surface area contributed by atoms with Crippen molar-refractivity contribution in [3.05, 3.63) is 66.2 Å². The van der Waals surface area contributed by atoms with Crippen LogP contribution in [0.1, 0.15) is 31.4 Å². The van der Waals surface area contributed by atoms with Gasteiger partial charge in [0.15, 0.2) is 11.5 Å². The molecule has 0 bridgehead atoms. The Labute approximate surface area is 187 Å². The molecule has 4 rings (SSSR count). The molecule has 1 heterocycles. The minimum atomic E-state index is -3.78. The van der Waals surface area contributed by atoms with Crippen molar-refractivity contribution in [2.45, 2.75) is 30.7 Å². The first kappa shape index (κ1) is 22.1. The summed E-state index contributed by atoms with van der Waals surface area (Å²) in [5, 5.41) is 5.14. The summed E-state index contributed by atoms with van der Waals surface area (Å²) in [5.41, 5.74) is 1.02.